The lowest BCUT2D eigenvalue weighted by molar-refractivity contribution is -0.162. The number of anilines is 2. The largest absolute Gasteiger partial charge is 0.465 e. The Bertz CT molecular complexity index is 2170. The molecule has 63 heavy (non-hydrogen) atoms. The predicted octanol–water partition coefficient (Wildman–Crippen LogP) is 4.68. The first-order valence-corrected chi connectivity index (χ1v) is 18.5. The number of ether oxygens (including phenoxy) is 5. The van der Waals surface area contributed by atoms with Gasteiger partial charge < -0.3 is 29.1 Å². The van der Waals surface area contributed by atoms with E-state index in [0.29, 0.717) is 11.1 Å². The summed E-state index contributed by atoms with van der Waals surface area (Å²) in [7, 11) is 0. The van der Waals surface area contributed by atoms with Gasteiger partial charge in [0.2, 0.25) is 0 Å². The number of pyridine rings is 2. The van der Waals surface area contributed by atoms with E-state index in [1.807, 2.05) is 0 Å². The average Bonchev–Trinajstić information content (AvgIpc) is 3.55. The minimum Gasteiger partial charge on any atom is -0.465 e. The van der Waals surface area contributed by atoms with Gasteiger partial charge in [-0.15, -0.1) is 0 Å². The highest BCUT2D eigenvalue weighted by Crippen LogP contribution is 2.36. The molecule has 19 nitrogen and oxygen atoms in total. The molecule has 0 atom stereocenters. The molecule has 0 spiro atoms. The van der Waals surface area contributed by atoms with Crippen molar-refractivity contribution < 1.29 is 88.4 Å². The molecule has 0 fully saturated rings. The Balaban J connectivity index is 0.000000361. The van der Waals surface area contributed by atoms with E-state index in [0.717, 1.165) is 18.2 Å². The number of hydrazine groups is 2. The van der Waals surface area contributed by atoms with Gasteiger partial charge in [0.1, 0.15) is 21.9 Å². The summed E-state index contributed by atoms with van der Waals surface area (Å²) >= 11 is 10.8. The third-order valence-electron chi connectivity index (χ3n) is 7.83. The highest BCUT2D eigenvalue weighted by Gasteiger charge is 2.48. The smallest absolute Gasteiger partial charge is 0.419 e. The molecule has 0 saturated carbocycles. The summed E-state index contributed by atoms with van der Waals surface area (Å²) in [6.45, 7) is 8.45. The number of imide groups is 1. The van der Waals surface area contributed by atoms with Crippen LogP contribution in [0.25, 0.3) is 0 Å². The summed E-state index contributed by atoms with van der Waals surface area (Å²) < 4.78 is 98.2. The van der Waals surface area contributed by atoms with E-state index < -0.39 is 98.8 Å². The first-order chi connectivity index (χ1) is 29.3. The molecule has 4 N–H and O–H groups in total. The van der Waals surface area contributed by atoms with Crippen LogP contribution in [0.4, 0.5) is 38.0 Å². The van der Waals surface area contributed by atoms with E-state index in [1.54, 1.807) is 13.8 Å². The van der Waals surface area contributed by atoms with E-state index in [2.05, 4.69) is 25.6 Å². The van der Waals surface area contributed by atoms with Crippen LogP contribution < -0.4 is 16.7 Å². The molecule has 0 unspecified atom stereocenters. The molecule has 0 aromatic carbocycles. The van der Waals surface area contributed by atoms with Crippen LogP contribution in [0.5, 0.6) is 0 Å². The molecule has 2 aromatic rings. The van der Waals surface area contributed by atoms with E-state index in [4.69, 9.17) is 48.0 Å². The van der Waals surface area contributed by atoms with Crippen molar-refractivity contribution in [1.29, 1.82) is 0 Å². The molecular formula is C36H36Cl2F6N6O13. The monoisotopic (exact) mass is 944 g/mol. The molecular weight excluding hydrogens is 909 g/mol. The number of halogens is 8. The van der Waals surface area contributed by atoms with Gasteiger partial charge in [-0.1, -0.05) is 23.2 Å². The maximum atomic E-state index is 12.8. The topological polar surface area (TPSA) is 262 Å². The van der Waals surface area contributed by atoms with Gasteiger partial charge in [0.15, 0.2) is 11.8 Å². The van der Waals surface area contributed by atoms with Crippen LogP contribution in [-0.4, -0.2) is 89.0 Å². The van der Waals surface area contributed by atoms with E-state index in [9.17, 15) is 64.7 Å². The fourth-order valence-corrected chi connectivity index (χ4v) is 5.55. The Kier molecular flexibility index (Phi) is 19.0. The van der Waals surface area contributed by atoms with Crippen molar-refractivity contribution >= 4 is 82.5 Å². The Morgan fingerprint density at radius 3 is 1.37 bits per heavy atom. The fourth-order valence-electron chi connectivity index (χ4n) is 5.03. The molecule has 0 aliphatic carbocycles. The van der Waals surface area contributed by atoms with Crippen LogP contribution in [0.3, 0.4) is 0 Å². The number of aromatic nitrogens is 2. The number of esters is 6. The summed E-state index contributed by atoms with van der Waals surface area (Å²) in [5.74, 6) is -6.74. The summed E-state index contributed by atoms with van der Waals surface area (Å²) in [4.78, 5) is 103. The Labute approximate surface area is 362 Å². The number of amides is 2. The second kappa shape index (κ2) is 22.7. The van der Waals surface area contributed by atoms with Gasteiger partial charge in [0.25, 0.3) is 11.8 Å². The van der Waals surface area contributed by atoms with Gasteiger partial charge in [-0.05, 0) is 65.8 Å². The Hall–Kier alpha value is -6.34. The summed E-state index contributed by atoms with van der Waals surface area (Å²) in [5.41, 5.74) is 1.01. The van der Waals surface area contributed by atoms with E-state index >= 15 is 0 Å². The molecule has 0 saturated heterocycles. The third-order valence-corrected chi connectivity index (χ3v) is 8.40. The predicted molar refractivity (Wildman–Crippen MR) is 202 cm³/mol. The average molecular weight is 946 g/mol. The summed E-state index contributed by atoms with van der Waals surface area (Å²) in [6, 6.07) is 3.37. The number of nitrogens with zero attached hydrogens (tertiary/aromatic N) is 3. The van der Waals surface area contributed by atoms with E-state index in [1.165, 1.54) is 27.7 Å². The second-order valence-corrected chi connectivity index (χ2v) is 12.6. The van der Waals surface area contributed by atoms with Crippen LogP contribution in [0.2, 0.25) is 10.3 Å². The van der Waals surface area contributed by atoms with Crippen molar-refractivity contribution in [2.45, 2.75) is 53.9 Å². The standard InChI is InChI=1S/C18H17ClF3N3O6.C12H14O7.C6H5ClF3N3/c1-4-30-16(28)12(17(29)31-5-2)11-8(3)14(26)25(15(11)27)24-10-7-6-9(13(19)23-10)18(20,21)22;1-4-17-10(14)8(11(15)18-5-2)7-6(3)9(13)19-12(7)16;7-5-3(6(8,9)10)1-2-4(12-5)13-11/h6-7,12H,4-5H2,1-3H3,(H,23,24);8H,4-5H2,1-3H3;1-2H,11H2,(H,12,13). The normalized spacial score (nSPS) is 13.9. The molecule has 0 bridgehead atoms. The zero-order valence-electron chi connectivity index (χ0n) is 33.5. The molecule has 2 aliphatic heterocycles. The number of rotatable bonds is 13. The van der Waals surface area contributed by atoms with Crippen LogP contribution in [0, 0.1) is 11.8 Å². The number of cyclic esters (lactones) is 2. The van der Waals surface area contributed by atoms with Gasteiger partial charge >= 0.3 is 48.2 Å². The van der Waals surface area contributed by atoms with Crippen molar-refractivity contribution in [2.75, 3.05) is 37.3 Å². The maximum absolute atomic E-state index is 12.8. The number of carbonyl (C=O) groups is 8. The van der Waals surface area contributed by atoms with Crippen molar-refractivity contribution in [3.8, 4) is 0 Å². The molecule has 0 radical (unpaired) electrons. The van der Waals surface area contributed by atoms with Crippen molar-refractivity contribution in [3.05, 3.63) is 68.0 Å². The highest BCUT2D eigenvalue weighted by molar-refractivity contribution is 6.30. The molecule has 27 heteroatoms. The van der Waals surface area contributed by atoms with Crippen molar-refractivity contribution in [3.63, 3.8) is 0 Å². The molecule has 2 aliphatic rings. The molecule has 4 heterocycles. The number of carbonyl (C=O) groups excluding carboxylic acids is 8. The van der Waals surface area contributed by atoms with Gasteiger partial charge in [0, 0.05) is 11.1 Å². The second-order valence-electron chi connectivity index (χ2n) is 11.9. The zero-order chi connectivity index (χ0) is 48.1. The van der Waals surface area contributed by atoms with Gasteiger partial charge in [-0.2, -0.15) is 31.4 Å². The number of nitrogen functional groups attached to an aromatic ring is 1. The number of hydrogen-bond donors (Lipinski definition) is 3. The minimum absolute atomic E-state index is 0.0318. The SMILES string of the molecule is CCOC(=O)C(C(=O)OCC)C1=C(C)C(=O)N(Nc2ccc(C(F)(F)F)c(Cl)n2)C1=O.CCOC(=O)C(C(=O)OCC)C1=C(C)C(=O)OC1=O.NNc1ccc(C(F)(F)F)c(Cl)n1. The van der Waals surface area contributed by atoms with Crippen LogP contribution in [0.15, 0.2) is 46.6 Å². The number of alkyl halides is 6. The lowest BCUT2D eigenvalue weighted by Crippen LogP contribution is -2.40. The minimum atomic E-state index is -4.75. The van der Waals surface area contributed by atoms with Crippen LogP contribution in [0.1, 0.15) is 52.7 Å². The molecule has 344 valence electrons. The highest BCUT2D eigenvalue weighted by atomic mass is 35.5. The fraction of sp³-hybridized carbons (Fsp3) is 0.389. The van der Waals surface area contributed by atoms with Crippen molar-refractivity contribution in [1.82, 2.24) is 15.0 Å². The zero-order valence-corrected chi connectivity index (χ0v) is 35.1. The maximum Gasteiger partial charge on any atom is 0.419 e. The molecule has 4 rings (SSSR count). The number of hydrogen-bond acceptors (Lipinski definition) is 18. The van der Waals surface area contributed by atoms with Crippen LogP contribution in [-0.2, 0) is 74.4 Å². The number of nitrogens with two attached hydrogens (primary N) is 1. The Morgan fingerprint density at radius 1 is 0.651 bits per heavy atom. The summed E-state index contributed by atoms with van der Waals surface area (Å²) in [5, 5.41) is -1.12. The van der Waals surface area contributed by atoms with Gasteiger partial charge in [-0.25, -0.2) is 25.4 Å². The van der Waals surface area contributed by atoms with Crippen molar-refractivity contribution in [2.24, 2.45) is 17.7 Å². The quantitative estimate of drug-likeness (QED) is 0.0360. The van der Waals surface area contributed by atoms with Gasteiger partial charge in [-0.3, -0.25) is 34.2 Å². The van der Waals surface area contributed by atoms with Crippen LogP contribution >= 0.6 is 23.2 Å². The first-order valence-electron chi connectivity index (χ1n) is 17.8. The molecule has 2 amide bonds. The summed E-state index contributed by atoms with van der Waals surface area (Å²) in [6.07, 6.45) is -9.24. The molecule has 2 aromatic heterocycles. The Morgan fingerprint density at radius 2 is 1.03 bits per heavy atom. The van der Waals surface area contributed by atoms with Gasteiger partial charge in [0.05, 0.1) is 48.7 Å². The first kappa shape index (κ1) is 52.8. The lowest BCUT2D eigenvalue weighted by atomic mass is 9.96. The number of nitrogens with one attached hydrogen (secondary N) is 2. The third kappa shape index (κ3) is 13.3. The lowest BCUT2D eigenvalue weighted by Gasteiger charge is -2.19. The van der Waals surface area contributed by atoms with E-state index in [-0.39, 0.29) is 54.8 Å².